The standard InChI is InChI=1S/C12H25NO/c1-5-6-7-12(14)8-11(3)13(4)9-10(12)2/h10-11,14H,5-9H2,1-4H3/t10-,11-,12-/m0/s1. The van der Waals surface area contributed by atoms with Crippen molar-refractivity contribution in [3.8, 4) is 0 Å². The molecule has 1 saturated heterocycles. The quantitative estimate of drug-likeness (QED) is 0.753. The minimum absolute atomic E-state index is 0.401. The van der Waals surface area contributed by atoms with Crippen molar-refractivity contribution in [1.82, 2.24) is 4.90 Å². The van der Waals surface area contributed by atoms with Crippen LogP contribution in [0.4, 0.5) is 0 Å². The second-order valence-corrected chi connectivity index (χ2v) is 5.10. The van der Waals surface area contributed by atoms with Crippen molar-refractivity contribution in [1.29, 1.82) is 0 Å². The number of piperidine rings is 1. The average Bonchev–Trinajstić information content (AvgIpc) is 2.12. The fourth-order valence-electron chi connectivity index (χ4n) is 2.48. The van der Waals surface area contributed by atoms with Crippen molar-refractivity contribution in [3.05, 3.63) is 0 Å². The summed E-state index contributed by atoms with van der Waals surface area (Å²) in [4.78, 5) is 2.35. The summed E-state index contributed by atoms with van der Waals surface area (Å²) >= 11 is 0. The van der Waals surface area contributed by atoms with Gasteiger partial charge in [-0.1, -0.05) is 26.7 Å². The van der Waals surface area contributed by atoms with E-state index in [1.165, 1.54) is 6.42 Å². The number of hydrogen-bond acceptors (Lipinski definition) is 2. The SMILES string of the molecule is CCCC[C@]1(O)C[C@H](C)N(C)C[C@@H]1C. The maximum Gasteiger partial charge on any atom is 0.0700 e. The summed E-state index contributed by atoms with van der Waals surface area (Å²) in [6, 6.07) is 0.521. The van der Waals surface area contributed by atoms with Gasteiger partial charge in [-0.2, -0.15) is 0 Å². The van der Waals surface area contributed by atoms with Crippen LogP contribution in [0.2, 0.25) is 0 Å². The molecule has 1 heterocycles. The van der Waals surface area contributed by atoms with Crippen LogP contribution in [0.3, 0.4) is 0 Å². The first-order valence-electron chi connectivity index (χ1n) is 5.92. The zero-order valence-corrected chi connectivity index (χ0v) is 10.1. The Morgan fingerprint density at radius 3 is 2.64 bits per heavy atom. The molecule has 14 heavy (non-hydrogen) atoms. The van der Waals surface area contributed by atoms with Gasteiger partial charge in [0.1, 0.15) is 0 Å². The second kappa shape index (κ2) is 4.63. The van der Waals surface area contributed by atoms with E-state index in [2.05, 4.69) is 32.7 Å². The third-order valence-electron chi connectivity index (χ3n) is 3.84. The number of aliphatic hydroxyl groups is 1. The van der Waals surface area contributed by atoms with Gasteiger partial charge in [0.25, 0.3) is 0 Å². The van der Waals surface area contributed by atoms with Gasteiger partial charge in [-0.15, -0.1) is 0 Å². The molecule has 0 aromatic rings. The summed E-state index contributed by atoms with van der Waals surface area (Å²) in [5.74, 6) is 0.412. The van der Waals surface area contributed by atoms with Crippen molar-refractivity contribution in [3.63, 3.8) is 0 Å². The van der Waals surface area contributed by atoms with E-state index in [0.717, 1.165) is 25.8 Å². The lowest BCUT2D eigenvalue weighted by molar-refractivity contribution is -0.0848. The summed E-state index contributed by atoms with van der Waals surface area (Å²) in [7, 11) is 2.15. The van der Waals surface area contributed by atoms with Gasteiger partial charge < -0.3 is 10.0 Å². The molecular weight excluding hydrogens is 174 g/mol. The predicted octanol–water partition coefficient (Wildman–Crippen LogP) is 2.27. The van der Waals surface area contributed by atoms with Gasteiger partial charge in [0.15, 0.2) is 0 Å². The van der Waals surface area contributed by atoms with Gasteiger partial charge in [-0.3, -0.25) is 0 Å². The second-order valence-electron chi connectivity index (χ2n) is 5.10. The maximum absolute atomic E-state index is 10.5. The zero-order valence-electron chi connectivity index (χ0n) is 10.1. The van der Waals surface area contributed by atoms with Crippen LogP contribution in [0.25, 0.3) is 0 Å². The lowest BCUT2D eigenvalue weighted by atomic mass is 9.76. The molecule has 0 spiro atoms. The van der Waals surface area contributed by atoms with Crippen LogP contribution in [0.15, 0.2) is 0 Å². The van der Waals surface area contributed by atoms with Gasteiger partial charge in [-0.05, 0) is 32.7 Å². The molecule has 1 aliphatic heterocycles. The Morgan fingerprint density at radius 2 is 2.07 bits per heavy atom. The first-order valence-corrected chi connectivity index (χ1v) is 5.92. The molecule has 0 saturated carbocycles. The van der Waals surface area contributed by atoms with Gasteiger partial charge >= 0.3 is 0 Å². The normalized spacial score (nSPS) is 40.1. The van der Waals surface area contributed by atoms with E-state index in [-0.39, 0.29) is 0 Å². The number of hydrogen-bond donors (Lipinski definition) is 1. The van der Waals surface area contributed by atoms with Crippen LogP contribution in [0.1, 0.15) is 46.5 Å². The first kappa shape index (κ1) is 12.0. The molecule has 0 bridgehead atoms. The molecule has 0 aliphatic carbocycles. The highest BCUT2D eigenvalue weighted by molar-refractivity contribution is 4.93. The maximum atomic E-state index is 10.5. The predicted molar refractivity (Wildman–Crippen MR) is 60.3 cm³/mol. The van der Waals surface area contributed by atoms with E-state index in [1.807, 2.05) is 0 Å². The number of unbranched alkanes of at least 4 members (excludes halogenated alkanes) is 1. The Bertz CT molecular complexity index is 183. The van der Waals surface area contributed by atoms with E-state index in [4.69, 9.17) is 0 Å². The van der Waals surface area contributed by atoms with Crippen LogP contribution in [0.5, 0.6) is 0 Å². The summed E-state index contributed by atoms with van der Waals surface area (Å²) in [5, 5.41) is 10.5. The zero-order chi connectivity index (χ0) is 10.8. The van der Waals surface area contributed by atoms with Crippen LogP contribution >= 0.6 is 0 Å². The molecule has 0 radical (unpaired) electrons. The van der Waals surface area contributed by atoms with Crippen LogP contribution < -0.4 is 0 Å². The molecule has 0 unspecified atom stereocenters. The lowest BCUT2D eigenvalue weighted by Crippen LogP contribution is -2.53. The van der Waals surface area contributed by atoms with Gasteiger partial charge in [0.2, 0.25) is 0 Å². The fourth-order valence-corrected chi connectivity index (χ4v) is 2.48. The van der Waals surface area contributed by atoms with Crippen molar-refractivity contribution in [2.24, 2.45) is 5.92 Å². The largest absolute Gasteiger partial charge is 0.390 e. The Morgan fingerprint density at radius 1 is 1.43 bits per heavy atom. The molecule has 0 aromatic carbocycles. The Labute approximate surface area is 88.3 Å². The van der Waals surface area contributed by atoms with Crippen molar-refractivity contribution < 1.29 is 5.11 Å². The van der Waals surface area contributed by atoms with Crippen LogP contribution in [0, 0.1) is 5.92 Å². The molecule has 1 N–H and O–H groups in total. The Hall–Kier alpha value is -0.0800. The molecule has 84 valence electrons. The summed E-state index contributed by atoms with van der Waals surface area (Å²) in [5.41, 5.74) is -0.401. The monoisotopic (exact) mass is 199 g/mol. The number of nitrogens with zero attached hydrogens (tertiary/aromatic N) is 1. The Kier molecular flexibility index (Phi) is 3.96. The molecule has 1 rings (SSSR count). The topological polar surface area (TPSA) is 23.5 Å². The van der Waals surface area contributed by atoms with Crippen LogP contribution in [-0.2, 0) is 0 Å². The van der Waals surface area contributed by atoms with E-state index >= 15 is 0 Å². The smallest absolute Gasteiger partial charge is 0.0700 e. The van der Waals surface area contributed by atoms with E-state index in [9.17, 15) is 5.11 Å². The molecule has 1 fully saturated rings. The molecule has 3 atom stereocenters. The summed E-state index contributed by atoms with van der Waals surface area (Å²) < 4.78 is 0. The highest BCUT2D eigenvalue weighted by Gasteiger charge is 2.40. The molecule has 0 aromatic heterocycles. The fraction of sp³-hybridized carbons (Fsp3) is 1.00. The number of rotatable bonds is 3. The highest BCUT2D eigenvalue weighted by atomic mass is 16.3. The first-order chi connectivity index (χ1) is 6.49. The van der Waals surface area contributed by atoms with E-state index < -0.39 is 5.60 Å². The third-order valence-corrected chi connectivity index (χ3v) is 3.84. The van der Waals surface area contributed by atoms with Gasteiger partial charge in [0, 0.05) is 12.6 Å². The molecule has 0 amide bonds. The van der Waals surface area contributed by atoms with Gasteiger partial charge in [-0.25, -0.2) is 0 Å². The van der Waals surface area contributed by atoms with Crippen LogP contribution in [-0.4, -0.2) is 35.2 Å². The molecular formula is C12H25NO. The third kappa shape index (κ3) is 2.48. The number of likely N-dealkylation sites (tertiary alicyclic amines) is 1. The van der Waals surface area contributed by atoms with Crippen molar-refractivity contribution in [2.45, 2.75) is 58.1 Å². The summed E-state index contributed by atoms with van der Waals surface area (Å²) in [6.45, 7) is 7.61. The molecule has 1 aliphatic rings. The average molecular weight is 199 g/mol. The molecule has 2 nitrogen and oxygen atoms in total. The van der Waals surface area contributed by atoms with Crippen molar-refractivity contribution in [2.75, 3.05) is 13.6 Å². The lowest BCUT2D eigenvalue weighted by Gasteiger charge is -2.46. The van der Waals surface area contributed by atoms with Crippen molar-refractivity contribution >= 4 is 0 Å². The highest BCUT2D eigenvalue weighted by Crippen LogP contribution is 2.34. The van der Waals surface area contributed by atoms with Gasteiger partial charge in [0.05, 0.1) is 5.60 Å². The minimum atomic E-state index is -0.401. The molecule has 2 heteroatoms. The summed E-state index contributed by atoms with van der Waals surface area (Å²) in [6.07, 6.45) is 4.24. The minimum Gasteiger partial charge on any atom is -0.390 e. The van der Waals surface area contributed by atoms with E-state index in [0.29, 0.717) is 12.0 Å². The Balaban J connectivity index is 2.58. The van der Waals surface area contributed by atoms with E-state index in [1.54, 1.807) is 0 Å².